The molecular formula is C16H22O2. The summed E-state index contributed by atoms with van der Waals surface area (Å²) in [5.74, 6) is 2.31. The molecule has 0 spiro atoms. The number of hydrogen-bond donors (Lipinski definition) is 0. The molecule has 2 heteroatoms. The van der Waals surface area contributed by atoms with Crippen LogP contribution < -0.4 is 9.47 Å². The van der Waals surface area contributed by atoms with E-state index in [1.165, 1.54) is 23.1 Å². The molecule has 1 aromatic carbocycles. The minimum absolute atomic E-state index is 0.521. The summed E-state index contributed by atoms with van der Waals surface area (Å²) in [7, 11) is 3.44. The molecule has 0 N–H and O–H groups in total. The van der Waals surface area contributed by atoms with Crippen LogP contribution in [0.3, 0.4) is 0 Å². The molecule has 0 aliphatic heterocycles. The number of aryl methyl sites for hydroxylation is 1. The molecule has 98 valence electrons. The van der Waals surface area contributed by atoms with Gasteiger partial charge in [-0.3, -0.25) is 0 Å². The minimum Gasteiger partial charge on any atom is -0.493 e. The summed E-state index contributed by atoms with van der Waals surface area (Å²) in [6.45, 7) is 6.46. The Morgan fingerprint density at radius 3 is 2.44 bits per heavy atom. The maximum Gasteiger partial charge on any atom is 0.165 e. The molecule has 0 saturated carbocycles. The fourth-order valence-corrected chi connectivity index (χ4v) is 2.95. The third-order valence-corrected chi connectivity index (χ3v) is 3.90. The second-order valence-electron chi connectivity index (χ2n) is 4.97. The fourth-order valence-electron chi connectivity index (χ4n) is 2.95. The normalized spacial score (nSPS) is 20.7. The first-order valence-electron chi connectivity index (χ1n) is 6.55. The van der Waals surface area contributed by atoms with E-state index in [-0.39, 0.29) is 0 Å². The smallest absolute Gasteiger partial charge is 0.165 e. The van der Waals surface area contributed by atoms with E-state index in [9.17, 15) is 0 Å². The number of allylic oxidation sites excluding steroid dienone is 2. The highest BCUT2D eigenvalue weighted by Crippen LogP contribution is 2.48. The minimum atomic E-state index is 0.521. The molecule has 0 aromatic heterocycles. The predicted molar refractivity (Wildman–Crippen MR) is 75.6 cm³/mol. The molecule has 1 aliphatic rings. The van der Waals surface area contributed by atoms with Crippen molar-refractivity contribution >= 4 is 5.57 Å². The molecule has 0 fully saturated rings. The van der Waals surface area contributed by atoms with Crippen molar-refractivity contribution in [3.05, 3.63) is 28.8 Å². The van der Waals surface area contributed by atoms with E-state index in [0.29, 0.717) is 5.92 Å². The highest BCUT2D eigenvalue weighted by molar-refractivity contribution is 5.75. The third-order valence-electron chi connectivity index (χ3n) is 3.90. The largest absolute Gasteiger partial charge is 0.493 e. The van der Waals surface area contributed by atoms with Gasteiger partial charge in [-0.1, -0.05) is 13.0 Å². The highest BCUT2D eigenvalue weighted by Gasteiger charge is 2.27. The fraction of sp³-hybridized carbons (Fsp3) is 0.500. The Morgan fingerprint density at radius 1 is 1.22 bits per heavy atom. The van der Waals surface area contributed by atoms with Crippen molar-refractivity contribution in [1.82, 2.24) is 0 Å². The predicted octanol–water partition coefficient (Wildman–Crippen LogP) is 4.31. The number of rotatable bonds is 2. The lowest BCUT2D eigenvalue weighted by Gasteiger charge is -2.28. The number of fused-ring (bicyclic) bond motifs is 1. The Morgan fingerprint density at radius 2 is 1.89 bits per heavy atom. The number of ether oxygens (including phenoxy) is 2. The Bertz CT molecular complexity index is 486. The Kier molecular flexibility index (Phi) is 3.65. The van der Waals surface area contributed by atoms with Crippen LogP contribution in [0.2, 0.25) is 0 Å². The molecule has 1 aromatic rings. The van der Waals surface area contributed by atoms with Crippen LogP contribution in [0.5, 0.6) is 11.5 Å². The van der Waals surface area contributed by atoms with Crippen LogP contribution in [0.4, 0.5) is 0 Å². The van der Waals surface area contributed by atoms with Crippen molar-refractivity contribution in [3.63, 3.8) is 0 Å². The second kappa shape index (κ2) is 5.05. The summed E-state index contributed by atoms with van der Waals surface area (Å²) in [5.41, 5.74) is 5.21. The molecule has 0 heterocycles. The molecule has 0 bridgehead atoms. The van der Waals surface area contributed by atoms with E-state index in [1.807, 2.05) is 0 Å². The van der Waals surface area contributed by atoms with E-state index >= 15 is 0 Å². The van der Waals surface area contributed by atoms with Crippen LogP contribution in [0.25, 0.3) is 5.57 Å². The van der Waals surface area contributed by atoms with Gasteiger partial charge in [0.05, 0.1) is 14.2 Å². The van der Waals surface area contributed by atoms with Crippen molar-refractivity contribution in [2.75, 3.05) is 14.2 Å². The van der Waals surface area contributed by atoms with Crippen LogP contribution in [0, 0.1) is 6.92 Å². The monoisotopic (exact) mass is 246 g/mol. The van der Waals surface area contributed by atoms with E-state index in [0.717, 1.165) is 23.5 Å². The average molecular weight is 246 g/mol. The maximum atomic E-state index is 5.63. The van der Waals surface area contributed by atoms with Crippen LogP contribution in [0.1, 0.15) is 49.3 Å². The van der Waals surface area contributed by atoms with Gasteiger partial charge >= 0.3 is 0 Å². The molecule has 0 unspecified atom stereocenters. The molecule has 2 nitrogen and oxygen atoms in total. The molecule has 0 amide bonds. The SMILES string of the molecule is C/C=C1/CC[C@H](C)c2c1cc(C)c(OC)c2OC. The van der Waals surface area contributed by atoms with E-state index in [1.54, 1.807) is 14.2 Å². The molecular weight excluding hydrogens is 224 g/mol. The zero-order chi connectivity index (χ0) is 13.3. The van der Waals surface area contributed by atoms with Gasteiger partial charge < -0.3 is 9.47 Å². The Balaban J connectivity index is 2.75. The zero-order valence-corrected chi connectivity index (χ0v) is 12.0. The highest BCUT2D eigenvalue weighted by atomic mass is 16.5. The maximum absolute atomic E-state index is 5.63. The average Bonchev–Trinajstić information content (AvgIpc) is 2.37. The Hall–Kier alpha value is -1.44. The lowest BCUT2D eigenvalue weighted by Crippen LogP contribution is -2.10. The van der Waals surface area contributed by atoms with Gasteiger partial charge in [0.1, 0.15) is 0 Å². The van der Waals surface area contributed by atoms with E-state index in [4.69, 9.17) is 9.47 Å². The number of methoxy groups -OCH3 is 2. The quantitative estimate of drug-likeness (QED) is 0.774. The van der Waals surface area contributed by atoms with Crippen molar-refractivity contribution in [2.45, 2.75) is 39.5 Å². The second-order valence-corrected chi connectivity index (χ2v) is 4.97. The first-order valence-corrected chi connectivity index (χ1v) is 6.55. The van der Waals surface area contributed by atoms with Gasteiger partial charge in [-0.05, 0) is 55.4 Å². The standard InChI is InChI=1S/C16H22O2/c1-6-12-8-7-10(2)14-13(12)9-11(3)15(17-4)16(14)18-5/h6,9-10H,7-8H2,1-5H3/b12-6-/t10-/m0/s1. The lowest BCUT2D eigenvalue weighted by molar-refractivity contribution is 0.346. The van der Waals surface area contributed by atoms with E-state index < -0.39 is 0 Å². The van der Waals surface area contributed by atoms with Gasteiger partial charge in [-0.25, -0.2) is 0 Å². The third kappa shape index (κ3) is 1.90. The van der Waals surface area contributed by atoms with Crippen molar-refractivity contribution < 1.29 is 9.47 Å². The van der Waals surface area contributed by atoms with Gasteiger partial charge in [0.2, 0.25) is 0 Å². The summed E-state index contributed by atoms with van der Waals surface area (Å²) in [6.07, 6.45) is 4.55. The summed E-state index contributed by atoms with van der Waals surface area (Å²) < 4.78 is 11.1. The van der Waals surface area contributed by atoms with Crippen LogP contribution in [-0.4, -0.2) is 14.2 Å². The van der Waals surface area contributed by atoms with Gasteiger partial charge in [-0.2, -0.15) is 0 Å². The van der Waals surface area contributed by atoms with Gasteiger partial charge in [-0.15, -0.1) is 0 Å². The molecule has 18 heavy (non-hydrogen) atoms. The molecule has 2 rings (SSSR count). The molecule has 1 atom stereocenters. The number of hydrogen-bond acceptors (Lipinski definition) is 2. The zero-order valence-electron chi connectivity index (χ0n) is 12.0. The number of benzene rings is 1. The van der Waals surface area contributed by atoms with Crippen LogP contribution in [-0.2, 0) is 0 Å². The summed E-state index contributed by atoms with van der Waals surface area (Å²) >= 11 is 0. The summed E-state index contributed by atoms with van der Waals surface area (Å²) in [4.78, 5) is 0. The first kappa shape index (κ1) is 13.0. The van der Waals surface area contributed by atoms with Gasteiger partial charge in [0.15, 0.2) is 11.5 Å². The first-order chi connectivity index (χ1) is 8.63. The van der Waals surface area contributed by atoms with Gasteiger partial charge in [0, 0.05) is 5.56 Å². The van der Waals surface area contributed by atoms with Crippen molar-refractivity contribution in [3.8, 4) is 11.5 Å². The summed E-state index contributed by atoms with van der Waals surface area (Å²) in [5, 5.41) is 0. The van der Waals surface area contributed by atoms with Crippen LogP contribution >= 0.6 is 0 Å². The topological polar surface area (TPSA) is 18.5 Å². The Labute approximate surface area is 110 Å². The van der Waals surface area contributed by atoms with Gasteiger partial charge in [0.25, 0.3) is 0 Å². The molecule has 0 radical (unpaired) electrons. The summed E-state index contributed by atoms with van der Waals surface area (Å²) in [6, 6.07) is 2.24. The molecule has 0 saturated heterocycles. The van der Waals surface area contributed by atoms with E-state index in [2.05, 4.69) is 32.9 Å². The van der Waals surface area contributed by atoms with Crippen molar-refractivity contribution in [1.29, 1.82) is 0 Å². The molecule has 1 aliphatic carbocycles. The van der Waals surface area contributed by atoms with Crippen molar-refractivity contribution in [2.24, 2.45) is 0 Å². The van der Waals surface area contributed by atoms with Crippen LogP contribution in [0.15, 0.2) is 12.1 Å². The lowest BCUT2D eigenvalue weighted by atomic mass is 9.79.